The molecule has 2 aromatic heterocycles. The molecule has 1 aliphatic rings. The molecular weight excluding hydrogens is 638 g/mol. The molecule has 4 aromatic rings. The van der Waals surface area contributed by atoms with E-state index < -0.39 is 24.0 Å². The van der Waals surface area contributed by atoms with E-state index in [1.54, 1.807) is 12.1 Å². The zero-order chi connectivity index (χ0) is 34.8. The molecule has 0 saturated carbocycles. The topological polar surface area (TPSA) is 159 Å². The van der Waals surface area contributed by atoms with E-state index in [0.717, 1.165) is 43.6 Å². The number of carbonyl (C=O) groups is 3. The predicted octanol–water partition coefficient (Wildman–Crippen LogP) is 4.52. The van der Waals surface area contributed by atoms with Crippen LogP contribution in [0, 0.1) is 17.6 Å². The number of carboxylic acid groups (broad SMARTS) is 1. The molecule has 0 aliphatic carbocycles. The highest BCUT2D eigenvalue weighted by atomic mass is 19.3. The molecule has 2 amide bonds. The van der Waals surface area contributed by atoms with Gasteiger partial charge in [0.05, 0.1) is 11.9 Å². The van der Waals surface area contributed by atoms with Crippen LogP contribution < -0.4 is 26.0 Å². The van der Waals surface area contributed by atoms with E-state index in [9.17, 15) is 27.2 Å². The molecule has 1 fully saturated rings. The molecule has 3 heterocycles. The number of rotatable bonds is 11. The van der Waals surface area contributed by atoms with Crippen LogP contribution in [0.25, 0.3) is 16.9 Å². The van der Waals surface area contributed by atoms with Crippen molar-refractivity contribution < 1.29 is 41.8 Å². The van der Waals surface area contributed by atoms with Crippen molar-refractivity contribution in [2.45, 2.75) is 45.8 Å². The number of aromatic nitrogens is 3. The molecule has 0 unspecified atom stereocenters. The summed E-state index contributed by atoms with van der Waals surface area (Å²) in [4.78, 5) is 42.6. The van der Waals surface area contributed by atoms with Crippen molar-refractivity contribution in [1.82, 2.24) is 30.3 Å². The molecule has 5 rings (SSSR count). The molecule has 1 saturated heterocycles. The number of hydrogen-bond acceptors (Lipinski definition) is 8. The van der Waals surface area contributed by atoms with Crippen molar-refractivity contribution in [2.75, 3.05) is 25.0 Å². The van der Waals surface area contributed by atoms with E-state index in [4.69, 9.17) is 9.90 Å². The van der Waals surface area contributed by atoms with Gasteiger partial charge in [-0.15, -0.1) is 0 Å². The third kappa shape index (κ3) is 8.56. The molecule has 16 heteroatoms. The molecule has 0 radical (unpaired) electrons. The second kappa shape index (κ2) is 16.5. The molecular formula is C32H35F4N7O5. The second-order valence-corrected chi connectivity index (χ2v) is 10.8. The van der Waals surface area contributed by atoms with Crippen LogP contribution in [0.1, 0.15) is 42.6 Å². The zero-order valence-electron chi connectivity index (χ0n) is 26.1. The van der Waals surface area contributed by atoms with Crippen LogP contribution in [-0.4, -0.2) is 70.0 Å². The van der Waals surface area contributed by atoms with Gasteiger partial charge in [0, 0.05) is 47.7 Å². The average Bonchev–Trinajstić information content (AvgIpc) is 3.51. The fourth-order valence-corrected chi connectivity index (χ4v) is 5.28. The van der Waals surface area contributed by atoms with Crippen LogP contribution in [0.15, 0.2) is 48.9 Å². The van der Waals surface area contributed by atoms with Gasteiger partial charge in [-0.05, 0) is 75.2 Å². The summed E-state index contributed by atoms with van der Waals surface area (Å²) in [5.74, 6) is -3.77. The smallest absolute Gasteiger partial charge is 0.387 e. The van der Waals surface area contributed by atoms with E-state index in [1.165, 1.54) is 23.0 Å². The Morgan fingerprint density at radius 1 is 1.15 bits per heavy atom. The summed E-state index contributed by atoms with van der Waals surface area (Å²) in [5.41, 5.74) is 2.12. The molecule has 1 aliphatic heterocycles. The highest BCUT2D eigenvalue weighted by Crippen LogP contribution is 2.32. The number of imidazole rings is 1. The summed E-state index contributed by atoms with van der Waals surface area (Å²) in [6, 6.07) is 6.99. The van der Waals surface area contributed by atoms with E-state index >= 15 is 0 Å². The number of carbonyl (C=O) groups excluding carboxylic acids is 2. The van der Waals surface area contributed by atoms with Crippen LogP contribution >= 0.6 is 0 Å². The van der Waals surface area contributed by atoms with Crippen LogP contribution in [0.4, 0.5) is 29.1 Å². The van der Waals surface area contributed by atoms with Crippen molar-refractivity contribution in [1.29, 1.82) is 0 Å². The molecule has 12 nitrogen and oxygen atoms in total. The van der Waals surface area contributed by atoms with E-state index in [2.05, 4.69) is 36.0 Å². The van der Waals surface area contributed by atoms with Crippen LogP contribution in [0.3, 0.4) is 0 Å². The maximum Gasteiger partial charge on any atom is 0.387 e. The summed E-state index contributed by atoms with van der Waals surface area (Å²) >= 11 is 0. The zero-order valence-corrected chi connectivity index (χ0v) is 26.1. The number of anilines is 2. The first-order chi connectivity index (χ1) is 23.1. The summed E-state index contributed by atoms with van der Waals surface area (Å²) in [6.45, 7) is 2.17. The Hall–Kier alpha value is -5.25. The lowest BCUT2D eigenvalue weighted by Crippen LogP contribution is -2.45. The van der Waals surface area contributed by atoms with E-state index in [0.29, 0.717) is 35.7 Å². The number of piperidine rings is 1. The molecule has 5 N–H and O–H groups in total. The van der Waals surface area contributed by atoms with Gasteiger partial charge < -0.3 is 31.1 Å². The Labute approximate surface area is 272 Å². The standard InChI is InChI=1S/C31H33F4N7O3.CH2O2/c1-3-18-14-20(4-5-21(18)30(44)40-17(2)15-39-29(43)19-8-10-36-11-9-19)41-27-28-38-16-23(42(28)13-12-37-27)22-6-7-24(45-31(34)35)26(33)25(22)32;2-1-3/h4-7,12-14,16-17,19,31,36H,3,8-11,15H2,1-2H3,(H,37,41)(H,39,43)(H,40,44);1H,(H,2,3)/t17-;/m1./s1. The number of alkyl halides is 2. The summed E-state index contributed by atoms with van der Waals surface area (Å²) in [5, 5.41) is 19.2. The summed E-state index contributed by atoms with van der Waals surface area (Å²) in [7, 11) is 0. The second-order valence-electron chi connectivity index (χ2n) is 10.8. The van der Waals surface area contributed by atoms with E-state index in [-0.39, 0.29) is 41.5 Å². The van der Waals surface area contributed by atoms with Crippen LogP contribution in [-0.2, 0) is 16.0 Å². The van der Waals surface area contributed by atoms with Gasteiger partial charge in [-0.3, -0.25) is 18.8 Å². The lowest BCUT2D eigenvalue weighted by Gasteiger charge is -2.23. The summed E-state index contributed by atoms with van der Waals surface area (Å²) < 4.78 is 59.8. The van der Waals surface area contributed by atoms with Gasteiger partial charge in [0.15, 0.2) is 23.0 Å². The quantitative estimate of drug-likeness (QED) is 0.114. The highest BCUT2D eigenvalue weighted by Gasteiger charge is 2.23. The first-order valence-corrected chi connectivity index (χ1v) is 15.1. The fourth-order valence-electron chi connectivity index (χ4n) is 5.28. The fraction of sp³-hybridized carbons (Fsp3) is 0.344. The molecule has 2 aromatic carbocycles. The SMILES string of the molecule is CCc1cc(Nc2nccn3c(-c4ccc(OC(F)F)c(F)c4F)cnc23)ccc1C(=O)N[C@H](C)CNC(=O)C1CCNCC1.O=CO. The molecule has 0 bridgehead atoms. The van der Waals surface area contributed by atoms with Crippen molar-refractivity contribution in [3.63, 3.8) is 0 Å². The van der Waals surface area contributed by atoms with Gasteiger partial charge in [0.25, 0.3) is 12.4 Å². The number of ether oxygens (including phenoxy) is 1. The number of amides is 2. The number of aryl methyl sites for hydroxylation is 1. The first-order valence-electron chi connectivity index (χ1n) is 15.1. The number of halogens is 4. The molecule has 0 spiro atoms. The molecule has 48 heavy (non-hydrogen) atoms. The Kier molecular flexibility index (Phi) is 12.3. The third-order valence-electron chi connectivity index (χ3n) is 7.63. The number of nitrogens with zero attached hydrogens (tertiary/aromatic N) is 3. The predicted molar refractivity (Wildman–Crippen MR) is 168 cm³/mol. The average molecular weight is 674 g/mol. The Bertz CT molecular complexity index is 1750. The molecule has 1 atom stereocenters. The van der Waals surface area contributed by atoms with Crippen LogP contribution in [0.2, 0.25) is 0 Å². The Balaban J connectivity index is 0.00000167. The van der Waals surface area contributed by atoms with Gasteiger partial charge >= 0.3 is 6.61 Å². The number of fused-ring (bicyclic) bond motifs is 1. The van der Waals surface area contributed by atoms with Crippen LogP contribution in [0.5, 0.6) is 5.75 Å². The van der Waals surface area contributed by atoms with Crippen molar-refractivity contribution in [3.05, 3.63) is 71.7 Å². The maximum atomic E-state index is 14.8. The summed E-state index contributed by atoms with van der Waals surface area (Å²) in [6.07, 6.45) is 6.41. The largest absolute Gasteiger partial charge is 0.483 e. The Morgan fingerprint density at radius 3 is 2.56 bits per heavy atom. The van der Waals surface area contributed by atoms with E-state index in [1.807, 2.05) is 19.9 Å². The maximum absolute atomic E-state index is 14.8. The highest BCUT2D eigenvalue weighted by molar-refractivity contribution is 5.96. The monoisotopic (exact) mass is 673 g/mol. The lowest BCUT2D eigenvalue weighted by molar-refractivity contribution is -0.126. The normalized spacial score (nSPS) is 13.7. The van der Waals surface area contributed by atoms with Crippen molar-refractivity contribution in [3.8, 4) is 17.0 Å². The van der Waals surface area contributed by atoms with Gasteiger partial charge in [-0.1, -0.05) is 6.92 Å². The van der Waals surface area contributed by atoms with Gasteiger partial charge in [-0.2, -0.15) is 13.2 Å². The lowest BCUT2D eigenvalue weighted by atomic mass is 9.97. The van der Waals surface area contributed by atoms with Gasteiger partial charge in [0.1, 0.15) is 0 Å². The Morgan fingerprint density at radius 2 is 1.88 bits per heavy atom. The minimum atomic E-state index is -3.30. The van der Waals surface area contributed by atoms with Crippen molar-refractivity contribution >= 4 is 35.4 Å². The number of benzene rings is 2. The third-order valence-corrected chi connectivity index (χ3v) is 7.63. The number of hydrogen-bond donors (Lipinski definition) is 5. The molecule has 256 valence electrons. The van der Waals surface area contributed by atoms with Gasteiger partial charge in [0.2, 0.25) is 11.7 Å². The van der Waals surface area contributed by atoms with Gasteiger partial charge in [-0.25, -0.2) is 14.4 Å². The minimum absolute atomic E-state index is 0.00478. The minimum Gasteiger partial charge on any atom is -0.483 e. The van der Waals surface area contributed by atoms with Crippen molar-refractivity contribution in [2.24, 2.45) is 5.92 Å². The number of nitrogens with one attached hydrogen (secondary N) is 4. The first kappa shape index (κ1) is 35.6.